The van der Waals surface area contributed by atoms with Crippen LogP contribution in [-0.4, -0.2) is 38.8 Å². The van der Waals surface area contributed by atoms with Gasteiger partial charge in [-0.25, -0.2) is 4.79 Å². The number of amides is 1. The Morgan fingerprint density at radius 3 is 2.50 bits per heavy atom. The summed E-state index contributed by atoms with van der Waals surface area (Å²) in [5, 5.41) is 10.3. The van der Waals surface area contributed by atoms with Crippen LogP contribution in [0, 0.1) is 5.92 Å². The van der Waals surface area contributed by atoms with Gasteiger partial charge in [-0.2, -0.15) is 13.2 Å². The third kappa shape index (κ3) is 6.66. The van der Waals surface area contributed by atoms with Crippen molar-refractivity contribution in [2.24, 2.45) is 5.92 Å². The van der Waals surface area contributed by atoms with Gasteiger partial charge in [0.15, 0.2) is 0 Å². The number of aromatic nitrogens is 2. The fourth-order valence-corrected chi connectivity index (χ4v) is 3.67. The van der Waals surface area contributed by atoms with Gasteiger partial charge in [0.1, 0.15) is 0 Å². The van der Waals surface area contributed by atoms with E-state index in [1.807, 2.05) is 22.8 Å². The minimum absolute atomic E-state index is 0.0267. The van der Waals surface area contributed by atoms with Crippen molar-refractivity contribution in [3.05, 3.63) is 63.8 Å². The summed E-state index contributed by atoms with van der Waals surface area (Å²) in [6.45, 7) is 0.550. The van der Waals surface area contributed by atoms with Crippen molar-refractivity contribution in [3.8, 4) is 0 Å². The maximum Gasteiger partial charge on any atom is 0.490 e. The Morgan fingerprint density at radius 2 is 1.91 bits per heavy atom. The maximum absolute atomic E-state index is 12.4. The Morgan fingerprint density at radius 1 is 1.19 bits per heavy atom. The Balaban J connectivity index is 0.000000360. The van der Waals surface area contributed by atoms with Crippen molar-refractivity contribution in [1.82, 2.24) is 14.9 Å². The first-order valence-corrected chi connectivity index (χ1v) is 10.3. The average Bonchev–Trinajstić information content (AvgIpc) is 3.54. The van der Waals surface area contributed by atoms with Gasteiger partial charge >= 0.3 is 12.1 Å². The van der Waals surface area contributed by atoms with E-state index in [-0.39, 0.29) is 17.5 Å². The van der Waals surface area contributed by atoms with E-state index in [4.69, 9.17) is 9.90 Å². The van der Waals surface area contributed by atoms with Crippen LogP contribution in [-0.2, 0) is 29.0 Å². The van der Waals surface area contributed by atoms with Crippen LogP contribution < -0.4 is 10.9 Å². The normalized spacial score (nSPS) is 17.5. The lowest BCUT2D eigenvalue weighted by Gasteiger charge is -2.27. The SMILES string of the molecule is O=C(CC1CC1)NC1CCc2c(ccc(=O)n2Cc2cccnc2)C1.O=C(O)C(F)(F)F. The lowest BCUT2D eigenvalue weighted by molar-refractivity contribution is -0.192. The van der Waals surface area contributed by atoms with E-state index < -0.39 is 12.1 Å². The van der Waals surface area contributed by atoms with E-state index in [9.17, 15) is 22.8 Å². The monoisotopic (exact) mass is 451 g/mol. The second kappa shape index (κ2) is 9.97. The molecule has 0 aromatic carbocycles. The first-order valence-electron chi connectivity index (χ1n) is 10.3. The Hall–Kier alpha value is -3.17. The zero-order chi connectivity index (χ0) is 23.3. The Kier molecular flexibility index (Phi) is 7.32. The number of aliphatic carboxylic acids is 1. The standard InChI is InChI=1S/C20H23N3O2.C2HF3O2/c24-19(10-14-3-4-14)22-17-6-7-18-16(11-17)5-8-20(25)23(18)13-15-2-1-9-21-12-15;3-2(4,5)1(6)7/h1-2,5,8-9,12,14,17H,3-4,6-7,10-11,13H2,(H,22,24);(H,6,7). The molecule has 172 valence electrons. The number of halogens is 3. The van der Waals surface area contributed by atoms with E-state index >= 15 is 0 Å². The number of carbonyl (C=O) groups excluding carboxylic acids is 1. The van der Waals surface area contributed by atoms with E-state index in [0.29, 0.717) is 18.9 Å². The summed E-state index contributed by atoms with van der Waals surface area (Å²) in [5.41, 5.74) is 3.33. The van der Waals surface area contributed by atoms with Crippen LogP contribution in [0.1, 0.15) is 42.5 Å². The molecule has 0 spiro atoms. The lowest BCUT2D eigenvalue weighted by atomic mass is 9.91. The van der Waals surface area contributed by atoms with E-state index in [0.717, 1.165) is 30.5 Å². The number of carboxylic acid groups (broad SMARTS) is 1. The molecule has 2 aliphatic carbocycles. The molecule has 0 bridgehead atoms. The number of nitrogens with zero attached hydrogens (tertiary/aromatic N) is 2. The number of hydrogen-bond donors (Lipinski definition) is 2. The van der Waals surface area contributed by atoms with Crippen molar-refractivity contribution >= 4 is 11.9 Å². The maximum atomic E-state index is 12.4. The highest BCUT2D eigenvalue weighted by Crippen LogP contribution is 2.32. The summed E-state index contributed by atoms with van der Waals surface area (Å²) >= 11 is 0. The molecule has 0 aliphatic heterocycles. The van der Waals surface area contributed by atoms with Crippen LogP contribution >= 0.6 is 0 Å². The summed E-state index contributed by atoms with van der Waals surface area (Å²) in [5.74, 6) is -1.97. The van der Waals surface area contributed by atoms with Gasteiger partial charge in [0.2, 0.25) is 5.91 Å². The van der Waals surface area contributed by atoms with Gasteiger partial charge < -0.3 is 15.0 Å². The van der Waals surface area contributed by atoms with Gasteiger partial charge in [-0.3, -0.25) is 14.6 Å². The highest BCUT2D eigenvalue weighted by atomic mass is 19.4. The van der Waals surface area contributed by atoms with Crippen LogP contribution in [0.3, 0.4) is 0 Å². The molecule has 2 N–H and O–H groups in total. The van der Waals surface area contributed by atoms with Crippen molar-refractivity contribution in [2.75, 3.05) is 0 Å². The number of nitrogens with one attached hydrogen (secondary N) is 1. The fraction of sp³-hybridized carbons (Fsp3) is 0.455. The fourth-order valence-electron chi connectivity index (χ4n) is 3.67. The summed E-state index contributed by atoms with van der Waals surface area (Å²) in [6.07, 6.45) is 4.03. The highest BCUT2D eigenvalue weighted by molar-refractivity contribution is 5.76. The van der Waals surface area contributed by atoms with Crippen LogP contribution in [0.4, 0.5) is 13.2 Å². The molecule has 2 aromatic heterocycles. The molecule has 2 heterocycles. The quantitative estimate of drug-likeness (QED) is 0.728. The molecule has 7 nitrogen and oxygen atoms in total. The molecule has 2 aliphatic rings. The Labute approximate surface area is 182 Å². The largest absolute Gasteiger partial charge is 0.490 e. The molecule has 0 radical (unpaired) electrons. The molecule has 4 rings (SSSR count). The molecule has 1 fully saturated rings. The molecule has 1 unspecified atom stereocenters. The third-order valence-corrected chi connectivity index (χ3v) is 5.43. The second-order valence-electron chi connectivity index (χ2n) is 8.05. The number of rotatable bonds is 5. The van der Waals surface area contributed by atoms with E-state index in [1.54, 1.807) is 18.5 Å². The minimum Gasteiger partial charge on any atom is -0.475 e. The van der Waals surface area contributed by atoms with Crippen LogP contribution in [0.25, 0.3) is 0 Å². The van der Waals surface area contributed by atoms with Gasteiger partial charge in [0.05, 0.1) is 6.54 Å². The van der Waals surface area contributed by atoms with E-state index in [1.165, 1.54) is 18.4 Å². The molecule has 1 saturated carbocycles. The molecule has 10 heteroatoms. The molecule has 32 heavy (non-hydrogen) atoms. The van der Waals surface area contributed by atoms with Crippen LogP contribution in [0.5, 0.6) is 0 Å². The Bertz CT molecular complexity index is 1020. The number of pyridine rings is 2. The van der Waals surface area contributed by atoms with Gasteiger partial charge in [-0.15, -0.1) is 0 Å². The summed E-state index contributed by atoms with van der Waals surface area (Å²) < 4.78 is 33.6. The summed E-state index contributed by atoms with van der Waals surface area (Å²) in [6, 6.07) is 7.63. The second-order valence-corrected chi connectivity index (χ2v) is 8.05. The first-order chi connectivity index (χ1) is 15.1. The lowest BCUT2D eigenvalue weighted by Crippen LogP contribution is -2.40. The summed E-state index contributed by atoms with van der Waals surface area (Å²) in [4.78, 5) is 37.4. The smallest absolute Gasteiger partial charge is 0.475 e. The van der Waals surface area contributed by atoms with E-state index in [2.05, 4.69) is 10.3 Å². The number of carbonyl (C=O) groups is 2. The zero-order valence-electron chi connectivity index (χ0n) is 17.3. The van der Waals surface area contributed by atoms with Gasteiger partial charge in [0.25, 0.3) is 5.56 Å². The van der Waals surface area contributed by atoms with Crippen LogP contribution in [0.2, 0.25) is 0 Å². The zero-order valence-corrected chi connectivity index (χ0v) is 17.3. The molecular weight excluding hydrogens is 427 g/mol. The minimum atomic E-state index is -5.08. The number of carboxylic acids is 1. The van der Waals surface area contributed by atoms with Crippen molar-refractivity contribution in [3.63, 3.8) is 0 Å². The van der Waals surface area contributed by atoms with Crippen LogP contribution in [0.15, 0.2) is 41.5 Å². The number of hydrogen-bond acceptors (Lipinski definition) is 4. The highest BCUT2D eigenvalue weighted by Gasteiger charge is 2.38. The van der Waals surface area contributed by atoms with Gasteiger partial charge in [-0.1, -0.05) is 12.1 Å². The predicted molar refractivity (Wildman–Crippen MR) is 109 cm³/mol. The topological polar surface area (TPSA) is 101 Å². The van der Waals surface area contributed by atoms with Crippen molar-refractivity contribution in [1.29, 1.82) is 0 Å². The van der Waals surface area contributed by atoms with Crippen molar-refractivity contribution < 1.29 is 27.9 Å². The first kappa shape index (κ1) is 23.5. The van der Waals surface area contributed by atoms with Gasteiger partial charge in [-0.05, 0) is 55.2 Å². The predicted octanol–water partition coefficient (Wildman–Crippen LogP) is 2.70. The number of fused-ring (bicyclic) bond motifs is 1. The average molecular weight is 451 g/mol. The van der Waals surface area contributed by atoms with Crippen molar-refractivity contribution in [2.45, 2.75) is 57.3 Å². The summed E-state index contributed by atoms with van der Waals surface area (Å²) in [7, 11) is 0. The molecule has 1 amide bonds. The third-order valence-electron chi connectivity index (χ3n) is 5.43. The molecular formula is C22H24F3N3O4. The van der Waals surface area contributed by atoms with Gasteiger partial charge in [0, 0.05) is 36.6 Å². The molecule has 1 atom stereocenters. The molecule has 2 aromatic rings. The number of alkyl halides is 3. The molecule has 0 saturated heterocycles.